The van der Waals surface area contributed by atoms with E-state index in [9.17, 15) is 19.2 Å². The third-order valence-corrected chi connectivity index (χ3v) is 5.94. The van der Waals surface area contributed by atoms with Gasteiger partial charge in [0.25, 0.3) is 0 Å². The van der Waals surface area contributed by atoms with Crippen LogP contribution < -0.4 is 32.4 Å². The van der Waals surface area contributed by atoms with Crippen molar-refractivity contribution in [2.75, 3.05) is 0 Å². The van der Waals surface area contributed by atoms with Crippen LogP contribution in [0.2, 0.25) is 0 Å². The normalized spacial score (nSPS) is 17.7. The van der Waals surface area contributed by atoms with E-state index in [1.807, 2.05) is 48.5 Å². The predicted molar refractivity (Wildman–Crippen MR) is 126 cm³/mol. The molecule has 1 aliphatic carbocycles. The van der Waals surface area contributed by atoms with Gasteiger partial charge >= 0.3 is 22.9 Å². The molecule has 2 aromatic heterocycles. The van der Waals surface area contributed by atoms with Gasteiger partial charge in [-0.3, -0.25) is 0 Å². The lowest BCUT2D eigenvalue weighted by molar-refractivity contribution is 0.0680. The van der Waals surface area contributed by atoms with Crippen molar-refractivity contribution in [3.63, 3.8) is 0 Å². The molecule has 12 heteroatoms. The van der Waals surface area contributed by atoms with E-state index < -0.39 is 22.9 Å². The highest BCUT2D eigenvalue weighted by Gasteiger charge is 2.25. The molecule has 1 saturated carbocycles. The smallest absolute Gasteiger partial charge is 0.440 e. The Labute approximate surface area is 202 Å². The van der Waals surface area contributed by atoms with E-state index >= 15 is 0 Å². The summed E-state index contributed by atoms with van der Waals surface area (Å²) in [5.74, 6) is -0.145. The minimum atomic E-state index is -0.784. The third kappa shape index (κ3) is 5.59. The minimum Gasteiger partial charge on any atom is -0.490 e. The summed E-state index contributed by atoms with van der Waals surface area (Å²) >= 11 is 0. The summed E-state index contributed by atoms with van der Waals surface area (Å²) in [6.07, 6.45) is 3.54. The first-order valence-corrected chi connectivity index (χ1v) is 11.5. The third-order valence-electron chi connectivity index (χ3n) is 5.94. The van der Waals surface area contributed by atoms with E-state index in [1.54, 1.807) is 0 Å². The van der Waals surface area contributed by atoms with Gasteiger partial charge in [-0.15, -0.1) is 9.48 Å². The molecule has 0 bridgehead atoms. The number of aromatic amines is 2. The van der Waals surface area contributed by atoms with E-state index in [0.717, 1.165) is 46.3 Å². The molecule has 0 saturated heterocycles. The predicted octanol–water partition coefficient (Wildman–Crippen LogP) is 1.44. The summed E-state index contributed by atoms with van der Waals surface area (Å²) < 4.78 is 23.8. The topological polar surface area (TPSA) is 154 Å². The van der Waals surface area contributed by atoms with E-state index in [4.69, 9.17) is 18.5 Å². The molecule has 1 aliphatic rings. The lowest BCUT2D eigenvalue weighted by Crippen LogP contribution is -2.32. The van der Waals surface area contributed by atoms with Crippen LogP contribution in [0.25, 0.3) is 0 Å². The van der Waals surface area contributed by atoms with Crippen molar-refractivity contribution in [1.29, 1.82) is 0 Å². The van der Waals surface area contributed by atoms with Crippen LogP contribution in [0.4, 0.5) is 0 Å². The van der Waals surface area contributed by atoms with Gasteiger partial charge < -0.3 is 18.5 Å². The number of nitrogens with one attached hydrogen (secondary N) is 2. The highest BCUT2D eigenvalue weighted by molar-refractivity contribution is 5.28. The number of ether oxygens (including phenoxy) is 2. The monoisotopic (exact) mass is 496 g/mol. The van der Waals surface area contributed by atoms with Crippen molar-refractivity contribution >= 4 is 0 Å². The number of benzene rings is 2. The van der Waals surface area contributed by atoms with Gasteiger partial charge in [0.2, 0.25) is 0 Å². The minimum absolute atomic E-state index is 0.00236. The van der Waals surface area contributed by atoms with Crippen LogP contribution in [0.1, 0.15) is 36.8 Å². The fraction of sp³-hybridized carbons (Fsp3) is 0.333. The largest absolute Gasteiger partial charge is 0.490 e. The molecule has 0 spiro atoms. The Morgan fingerprint density at radius 3 is 1.47 bits per heavy atom. The lowest BCUT2D eigenvalue weighted by Gasteiger charge is -2.30. The van der Waals surface area contributed by atoms with E-state index in [1.165, 1.54) is 0 Å². The summed E-state index contributed by atoms with van der Waals surface area (Å²) in [6, 6.07) is 14.6. The second-order valence-electron chi connectivity index (χ2n) is 8.63. The summed E-state index contributed by atoms with van der Waals surface area (Å²) in [4.78, 5) is 49.5. The van der Waals surface area contributed by atoms with Crippen molar-refractivity contribution in [1.82, 2.24) is 19.4 Å². The SMILES string of the molecule is O=c1[nH]c(=O)n(Cc2ccc(OC3CCCC(Oc4ccc(Cn5oc(=O)[nH]c5=O)cc4)C3)cc2)o1. The molecule has 0 amide bonds. The van der Waals surface area contributed by atoms with Crippen LogP contribution in [0.5, 0.6) is 11.5 Å². The molecule has 2 unspecified atom stereocenters. The van der Waals surface area contributed by atoms with Crippen LogP contribution in [0.3, 0.4) is 0 Å². The fourth-order valence-electron chi connectivity index (χ4n) is 4.22. The quantitative estimate of drug-likeness (QED) is 0.371. The zero-order valence-electron chi connectivity index (χ0n) is 19.2. The van der Waals surface area contributed by atoms with Gasteiger partial charge in [-0.1, -0.05) is 24.3 Å². The summed E-state index contributed by atoms with van der Waals surface area (Å²) in [5, 5.41) is 0. The second kappa shape index (κ2) is 10.0. The van der Waals surface area contributed by atoms with Gasteiger partial charge in [-0.25, -0.2) is 29.1 Å². The molecule has 36 heavy (non-hydrogen) atoms. The first-order chi connectivity index (χ1) is 17.4. The molecule has 0 aliphatic heterocycles. The van der Waals surface area contributed by atoms with Gasteiger partial charge in [0, 0.05) is 6.42 Å². The maximum atomic E-state index is 11.6. The Morgan fingerprint density at radius 2 is 1.11 bits per heavy atom. The van der Waals surface area contributed by atoms with Gasteiger partial charge in [0.05, 0.1) is 13.1 Å². The molecule has 188 valence electrons. The number of H-pyrrole nitrogens is 2. The molecule has 2 heterocycles. The average molecular weight is 496 g/mol. The maximum Gasteiger partial charge on any atom is 0.440 e. The lowest BCUT2D eigenvalue weighted by atomic mass is 9.94. The molecule has 5 rings (SSSR count). The van der Waals surface area contributed by atoms with Gasteiger partial charge in [-0.2, -0.15) is 0 Å². The van der Waals surface area contributed by atoms with Crippen LogP contribution in [0.15, 0.2) is 76.8 Å². The Kier molecular flexibility index (Phi) is 6.48. The van der Waals surface area contributed by atoms with Gasteiger partial charge in [0.1, 0.15) is 23.7 Å². The first kappa shape index (κ1) is 23.3. The Balaban J connectivity index is 1.14. The molecule has 12 nitrogen and oxygen atoms in total. The Hall–Kier alpha value is -4.48. The molecule has 1 fully saturated rings. The second-order valence-corrected chi connectivity index (χ2v) is 8.63. The average Bonchev–Trinajstić information content (AvgIpc) is 3.34. The van der Waals surface area contributed by atoms with Crippen molar-refractivity contribution in [2.24, 2.45) is 0 Å². The van der Waals surface area contributed by atoms with Gasteiger partial charge in [-0.05, 0) is 54.7 Å². The number of hydrogen-bond acceptors (Lipinski definition) is 8. The highest BCUT2D eigenvalue weighted by atomic mass is 16.5. The van der Waals surface area contributed by atoms with Crippen LogP contribution in [-0.4, -0.2) is 31.7 Å². The van der Waals surface area contributed by atoms with E-state index in [0.29, 0.717) is 11.5 Å². The van der Waals surface area contributed by atoms with E-state index in [2.05, 4.69) is 9.97 Å². The summed E-state index contributed by atoms with van der Waals surface area (Å²) in [5.41, 5.74) is 0.411. The standard InChI is InChI=1S/C24H24N4O8/c29-21-25-23(31)35-27(21)13-15-4-8-17(9-5-15)33-19-2-1-3-20(12-19)34-18-10-6-16(7-11-18)14-28-22(30)26-24(32)36-28/h4-11,19-20H,1-3,12-14H2,(H,25,29,31)(H,26,30,32). The van der Waals surface area contributed by atoms with Gasteiger partial charge in [0.15, 0.2) is 0 Å². The Bertz CT molecular complexity index is 1420. The number of hydrogen-bond donors (Lipinski definition) is 2. The summed E-state index contributed by atoms with van der Waals surface area (Å²) in [6.45, 7) is 0.290. The maximum absolute atomic E-state index is 11.6. The fourth-order valence-corrected chi connectivity index (χ4v) is 4.22. The van der Waals surface area contributed by atoms with Crippen molar-refractivity contribution in [3.05, 3.63) is 102 Å². The first-order valence-electron chi connectivity index (χ1n) is 11.5. The van der Waals surface area contributed by atoms with Crippen molar-refractivity contribution in [2.45, 2.75) is 51.0 Å². The molecule has 2 N–H and O–H groups in total. The zero-order chi connectivity index (χ0) is 25.1. The molecular weight excluding hydrogens is 472 g/mol. The van der Waals surface area contributed by atoms with Crippen LogP contribution >= 0.6 is 0 Å². The molecule has 2 atom stereocenters. The summed E-state index contributed by atoms with van der Waals surface area (Å²) in [7, 11) is 0. The highest BCUT2D eigenvalue weighted by Crippen LogP contribution is 2.27. The number of nitrogens with zero attached hydrogens (tertiary/aromatic N) is 2. The Morgan fingerprint density at radius 1 is 0.694 bits per heavy atom. The number of aromatic nitrogens is 4. The molecule has 4 aromatic rings. The van der Waals surface area contributed by atoms with E-state index in [-0.39, 0.29) is 25.3 Å². The molecular formula is C24H24N4O8. The zero-order valence-corrected chi connectivity index (χ0v) is 19.2. The number of rotatable bonds is 8. The van der Waals surface area contributed by atoms with Crippen molar-refractivity contribution in [3.8, 4) is 11.5 Å². The molecule has 0 radical (unpaired) electrons. The molecule has 2 aromatic carbocycles. The van der Waals surface area contributed by atoms with Crippen molar-refractivity contribution < 1.29 is 18.5 Å². The van der Waals surface area contributed by atoms with Crippen LogP contribution in [-0.2, 0) is 13.1 Å². The van der Waals surface area contributed by atoms with Crippen LogP contribution in [0, 0.1) is 0 Å².